The fourth-order valence-corrected chi connectivity index (χ4v) is 1.44. The van der Waals surface area contributed by atoms with Crippen molar-refractivity contribution >= 4 is 6.03 Å². The molecule has 3 N–H and O–H groups in total. The summed E-state index contributed by atoms with van der Waals surface area (Å²) < 4.78 is 5.14. The average molecular weight is 216 g/mol. The number of ether oxygens (including phenoxy) is 1. The van der Waals surface area contributed by atoms with Gasteiger partial charge >= 0.3 is 6.03 Å². The van der Waals surface area contributed by atoms with E-state index in [0.717, 1.165) is 19.4 Å². The zero-order valence-electron chi connectivity index (χ0n) is 9.16. The number of aliphatic hydroxyl groups excluding tert-OH is 1. The number of amides is 2. The SMILES string of the molecule is CCC(O)CCNC(=O)NC1CCOC1. The Bertz CT molecular complexity index is 193. The molecule has 0 saturated carbocycles. The first-order chi connectivity index (χ1) is 7.22. The summed E-state index contributed by atoms with van der Waals surface area (Å²) in [5, 5.41) is 14.8. The summed E-state index contributed by atoms with van der Waals surface area (Å²) in [6.45, 7) is 3.75. The van der Waals surface area contributed by atoms with Crippen LogP contribution < -0.4 is 10.6 Å². The van der Waals surface area contributed by atoms with Gasteiger partial charge in [0.1, 0.15) is 0 Å². The minimum Gasteiger partial charge on any atom is -0.393 e. The highest BCUT2D eigenvalue weighted by Gasteiger charge is 2.17. The molecular formula is C10H20N2O3. The van der Waals surface area contributed by atoms with E-state index >= 15 is 0 Å². The first-order valence-electron chi connectivity index (χ1n) is 5.52. The van der Waals surface area contributed by atoms with E-state index in [1.165, 1.54) is 0 Å². The van der Waals surface area contributed by atoms with Gasteiger partial charge in [-0.3, -0.25) is 0 Å². The number of aliphatic hydroxyl groups is 1. The van der Waals surface area contributed by atoms with Gasteiger partial charge in [0, 0.05) is 13.2 Å². The quantitative estimate of drug-likeness (QED) is 0.616. The Labute approximate surface area is 90.2 Å². The smallest absolute Gasteiger partial charge is 0.315 e. The highest BCUT2D eigenvalue weighted by atomic mass is 16.5. The molecule has 0 spiro atoms. The number of nitrogens with one attached hydrogen (secondary N) is 2. The van der Waals surface area contributed by atoms with E-state index in [-0.39, 0.29) is 18.2 Å². The van der Waals surface area contributed by atoms with E-state index in [2.05, 4.69) is 10.6 Å². The van der Waals surface area contributed by atoms with Gasteiger partial charge in [-0.25, -0.2) is 4.79 Å². The lowest BCUT2D eigenvalue weighted by Crippen LogP contribution is -2.43. The number of rotatable bonds is 5. The molecule has 0 bridgehead atoms. The van der Waals surface area contributed by atoms with Gasteiger partial charge in [0.2, 0.25) is 0 Å². The molecule has 1 rings (SSSR count). The molecule has 0 aromatic carbocycles. The Morgan fingerprint density at radius 2 is 2.47 bits per heavy atom. The topological polar surface area (TPSA) is 70.6 Å². The standard InChI is InChI=1S/C10H20N2O3/c1-2-9(13)3-5-11-10(14)12-8-4-6-15-7-8/h8-9,13H,2-7H2,1H3,(H2,11,12,14). The Balaban J connectivity index is 2.02. The van der Waals surface area contributed by atoms with Crippen LogP contribution in [0.15, 0.2) is 0 Å². The molecule has 1 fully saturated rings. The highest BCUT2D eigenvalue weighted by molar-refractivity contribution is 5.74. The predicted molar refractivity (Wildman–Crippen MR) is 56.7 cm³/mol. The molecular weight excluding hydrogens is 196 g/mol. The summed E-state index contributed by atoms with van der Waals surface area (Å²) in [5.41, 5.74) is 0. The second-order valence-corrected chi connectivity index (χ2v) is 3.81. The van der Waals surface area contributed by atoms with Crippen molar-refractivity contribution in [3.8, 4) is 0 Å². The van der Waals surface area contributed by atoms with Gasteiger partial charge in [0.15, 0.2) is 0 Å². The lowest BCUT2D eigenvalue weighted by Gasteiger charge is -2.12. The molecule has 2 amide bonds. The maximum absolute atomic E-state index is 11.3. The maximum Gasteiger partial charge on any atom is 0.315 e. The fourth-order valence-electron chi connectivity index (χ4n) is 1.44. The van der Waals surface area contributed by atoms with Crippen LogP contribution in [0.4, 0.5) is 4.79 Å². The fraction of sp³-hybridized carbons (Fsp3) is 0.900. The molecule has 0 aromatic rings. The third-order valence-corrected chi connectivity index (χ3v) is 2.50. The van der Waals surface area contributed by atoms with E-state index in [0.29, 0.717) is 19.6 Å². The zero-order valence-corrected chi connectivity index (χ0v) is 9.16. The van der Waals surface area contributed by atoms with E-state index in [4.69, 9.17) is 4.74 Å². The van der Waals surface area contributed by atoms with Gasteiger partial charge in [0.05, 0.1) is 18.8 Å². The third kappa shape index (κ3) is 4.99. The molecule has 0 aliphatic carbocycles. The number of hydrogen-bond acceptors (Lipinski definition) is 3. The highest BCUT2D eigenvalue weighted by Crippen LogP contribution is 2.02. The van der Waals surface area contributed by atoms with Crippen molar-refractivity contribution < 1.29 is 14.6 Å². The zero-order chi connectivity index (χ0) is 11.1. The second-order valence-electron chi connectivity index (χ2n) is 3.81. The maximum atomic E-state index is 11.3. The summed E-state index contributed by atoms with van der Waals surface area (Å²) in [6.07, 6.45) is 1.88. The minimum atomic E-state index is -0.319. The van der Waals surface area contributed by atoms with Gasteiger partial charge in [-0.2, -0.15) is 0 Å². The molecule has 0 radical (unpaired) electrons. The molecule has 1 aliphatic rings. The number of urea groups is 1. The van der Waals surface area contributed by atoms with Crippen molar-refractivity contribution in [3.63, 3.8) is 0 Å². The Morgan fingerprint density at radius 3 is 3.07 bits per heavy atom. The van der Waals surface area contributed by atoms with Crippen molar-refractivity contribution in [1.82, 2.24) is 10.6 Å². The van der Waals surface area contributed by atoms with Crippen LogP contribution in [0.5, 0.6) is 0 Å². The van der Waals surface area contributed by atoms with E-state index in [1.807, 2.05) is 6.92 Å². The van der Waals surface area contributed by atoms with Gasteiger partial charge < -0.3 is 20.5 Å². The Morgan fingerprint density at radius 1 is 1.67 bits per heavy atom. The van der Waals surface area contributed by atoms with Crippen LogP contribution in [0.3, 0.4) is 0 Å². The minimum absolute atomic E-state index is 0.140. The Kier molecular flexibility index (Phi) is 5.42. The summed E-state index contributed by atoms with van der Waals surface area (Å²) in [7, 11) is 0. The van der Waals surface area contributed by atoms with Crippen LogP contribution >= 0.6 is 0 Å². The lowest BCUT2D eigenvalue weighted by atomic mass is 10.2. The monoisotopic (exact) mass is 216 g/mol. The molecule has 1 heterocycles. The van der Waals surface area contributed by atoms with Crippen LogP contribution in [0.1, 0.15) is 26.2 Å². The molecule has 1 aliphatic heterocycles. The van der Waals surface area contributed by atoms with Crippen LogP contribution in [-0.2, 0) is 4.74 Å². The third-order valence-electron chi connectivity index (χ3n) is 2.50. The van der Waals surface area contributed by atoms with Gasteiger partial charge in [-0.05, 0) is 19.3 Å². The van der Waals surface area contributed by atoms with Crippen LogP contribution in [0.2, 0.25) is 0 Å². The molecule has 88 valence electrons. The van der Waals surface area contributed by atoms with Crippen molar-refractivity contribution in [2.24, 2.45) is 0 Å². The molecule has 0 aromatic heterocycles. The second kappa shape index (κ2) is 6.63. The Hall–Kier alpha value is -0.810. The van der Waals surface area contributed by atoms with Crippen LogP contribution in [0.25, 0.3) is 0 Å². The lowest BCUT2D eigenvalue weighted by molar-refractivity contribution is 0.159. The molecule has 2 unspecified atom stereocenters. The summed E-state index contributed by atoms with van der Waals surface area (Å²) >= 11 is 0. The van der Waals surface area contributed by atoms with Gasteiger partial charge in [-0.15, -0.1) is 0 Å². The summed E-state index contributed by atoms with van der Waals surface area (Å²) in [5.74, 6) is 0. The first kappa shape index (κ1) is 12.3. The summed E-state index contributed by atoms with van der Waals surface area (Å²) in [4.78, 5) is 11.3. The van der Waals surface area contributed by atoms with Crippen LogP contribution in [-0.4, -0.2) is 43.0 Å². The van der Waals surface area contributed by atoms with Crippen molar-refractivity contribution in [3.05, 3.63) is 0 Å². The average Bonchev–Trinajstić information content (AvgIpc) is 2.70. The largest absolute Gasteiger partial charge is 0.393 e. The van der Waals surface area contributed by atoms with Crippen molar-refractivity contribution in [2.45, 2.75) is 38.3 Å². The number of carbonyl (C=O) groups is 1. The summed E-state index contributed by atoms with van der Waals surface area (Å²) in [6, 6.07) is -0.0325. The van der Waals surface area contributed by atoms with Crippen molar-refractivity contribution in [1.29, 1.82) is 0 Å². The van der Waals surface area contributed by atoms with Crippen LogP contribution in [0, 0.1) is 0 Å². The first-order valence-corrected chi connectivity index (χ1v) is 5.52. The van der Waals surface area contributed by atoms with E-state index in [1.54, 1.807) is 0 Å². The molecule has 1 saturated heterocycles. The van der Waals surface area contributed by atoms with Gasteiger partial charge in [0.25, 0.3) is 0 Å². The normalized spacial score (nSPS) is 22.4. The molecule has 2 atom stereocenters. The molecule has 5 heteroatoms. The number of hydrogen-bond donors (Lipinski definition) is 3. The van der Waals surface area contributed by atoms with Crippen molar-refractivity contribution in [2.75, 3.05) is 19.8 Å². The van der Waals surface area contributed by atoms with E-state index in [9.17, 15) is 9.90 Å². The molecule has 5 nitrogen and oxygen atoms in total. The van der Waals surface area contributed by atoms with E-state index < -0.39 is 0 Å². The number of carbonyl (C=O) groups excluding carboxylic acids is 1. The molecule has 15 heavy (non-hydrogen) atoms. The van der Waals surface area contributed by atoms with Gasteiger partial charge in [-0.1, -0.05) is 6.92 Å². The predicted octanol–water partition coefficient (Wildman–Crippen LogP) is 0.235.